The van der Waals surface area contributed by atoms with E-state index in [0.29, 0.717) is 24.3 Å². The standard InChI is InChI=1S/C13H17N3O3/c1-19-13(18)11-3-2-6-16(11)12(17)7-10-5-4-9(14)8-15-10/h4-5,8,11H,2-3,6-7,14H2,1H3. The lowest BCUT2D eigenvalue weighted by Crippen LogP contribution is -2.41. The van der Waals surface area contributed by atoms with E-state index in [-0.39, 0.29) is 18.3 Å². The molecule has 0 radical (unpaired) electrons. The zero-order valence-electron chi connectivity index (χ0n) is 10.8. The molecule has 2 rings (SSSR count). The topological polar surface area (TPSA) is 85.5 Å². The van der Waals surface area contributed by atoms with Crippen molar-refractivity contribution in [1.29, 1.82) is 0 Å². The van der Waals surface area contributed by atoms with Crippen molar-refractivity contribution in [1.82, 2.24) is 9.88 Å². The zero-order chi connectivity index (χ0) is 13.8. The van der Waals surface area contributed by atoms with Gasteiger partial charge in [-0.25, -0.2) is 4.79 Å². The number of anilines is 1. The number of carbonyl (C=O) groups excluding carboxylic acids is 2. The molecule has 2 heterocycles. The van der Waals surface area contributed by atoms with Gasteiger partial charge < -0.3 is 15.4 Å². The molecule has 0 aromatic carbocycles. The molecule has 102 valence electrons. The van der Waals surface area contributed by atoms with Crippen LogP contribution in [0.2, 0.25) is 0 Å². The largest absolute Gasteiger partial charge is 0.467 e. The molecular weight excluding hydrogens is 246 g/mol. The maximum atomic E-state index is 12.2. The Kier molecular flexibility index (Phi) is 3.99. The molecule has 1 atom stereocenters. The van der Waals surface area contributed by atoms with E-state index < -0.39 is 6.04 Å². The third kappa shape index (κ3) is 3.01. The maximum absolute atomic E-state index is 12.2. The Bertz CT molecular complexity index is 473. The number of nitrogen functional groups attached to an aromatic ring is 1. The van der Waals surface area contributed by atoms with Crippen LogP contribution in [0.1, 0.15) is 18.5 Å². The van der Waals surface area contributed by atoms with Gasteiger partial charge in [-0.2, -0.15) is 0 Å². The highest BCUT2D eigenvalue weighted by Crippen LogP contribution is 2.19. The van der Waals surface area contributed by atoms with Crippen LogP contribution in [0.4, 0.5) is 5.69 Å². The predicted molar refractivity (Wildman–Crippen MR) is 69.1 cm³/mol. The average molecular weight is 263 g/mol. The van der Waals surface area contributed by atoms with Crippen LogP contribution in [-0.2, 0) is 20.7 Å². The van der Waals surface area contributed by atoms with Crippen molar-refractivity contribution in [2.45, 2.75) is 25.3 Å². The van der Waals surface area contributed by atoms with Crippen molar-refractivity contribution in [3.05, 3.63) is 24.0 Å². The van der Waals surface area contributed by atoms with Gasteiger partial charge in [0, 0.05) is 12.2 Å². The number of ether oxygens (including phenoxy) is 1. The summed E-state index contributed by atoms with van der Waals surface area (Å²) in [4.78, 5) is 29.4. The Balaban J connectivity index is 2.03. The first-order valence-electron chi connectivity index (χ1n) is 6.19. The Labute approximate surface area is 111 Å². The van der Waals surface area contributed by atoms with Crippen LogP contribution < -0.4 is 5.73 Å². The van der Waals surface area contributed by atoms with Gasteiger partial charge >= 0.3 is 5.97 Å². The predicted octanol–water partition coefficient (Wildman–Crippen LogP) is 0.370. The molecule has 1 unspecified atom stereocenters. The van der Waals surface area contributed by atoms with Gasteiger partial charge in [-0.05, 0) is 25.0 Å². The summed E-state index contributed by atoms with van der Waals surface area (Å²) in [5, 5.41) is 0. The van der Waals surface area contributed by atoms with Crippen LogP contribution in [0.3, 0.4) is 0 Å². The number of hydrogen-bond donors (Lipinski definition) is 1. The molecule has 1 fully saturated rings. The molecule has 1 aliphatic rings. The third-order valence-electron chi connectivity index (χ3n) is 3.23. The molecule has 19 heavy (non-hydrogen) atoms. The fraction of sp³-hybridized carbons (Fsp3) is 0.462. The van der Waals surface area contributed by atoms with E-state index in [9.17, 15) is 9.59 Å². The summed E-state index contributed by atoms with van der Waals surface area (Å²) >= 11 is 0. The van der Waals surface area contributed by atoms with Gasteiger partial charge in [-0.15, -0.1) is 0 Å². The van der Waals surface area contributed by atoms with Crippen LogP contribution in [-0.4, -0.2) is 41.5 Å². The van der Waals surface area contributed by atoms with Crippen molar-refractivity contribution >= 4 is 17.6 Å². The molecule has 6 nitrogen and oxygen atoms in total. The van der Waals surface area contributed by atoms with Crippen LogP contribution >= 0.6 is 0 Å². The van der Waals surface area contributed by atoms with Gasteiger partial charge in [-0.1, -0.05) is 0 Å². The first kappa shape index (κ1) is 13.3. The van der Waals surface area contributed by atoms with Crippen molar-refractivity contribution in [2.24, 2.45) is 0 Å². The number of likely N-dealkylation sites (tertiary alicyclic amines) is 1. The Morgan fingerprint density at radius 3 is 2.95 bits per heavy atom. The fourth-order valence-electron chi connectivity index (χ4n) is 2.24. The highest BCUT2D eigenvalue weighted by molar-refractivity contribution is 5.86. The van der Waals surface area contributed by atoms with Gasteiger partial charge in [0.2, 0.25) is 5.91 Å². The number of nitrogens with zero attached hydrogens (tertiary/aromatic N) is 2. The number of aromatic nitrogens is 1. The van der Waals surface area contributed by atoms with Crippen LogP contribution in [0.25, 0.3) is 0 Å². The summed E-state index contributed by atoms with van der Waals surface area (Å²) in [6.45, 7) is 0.591. The second-order valence-electron chi connectivity index (χ2n) is 4.53. The third-order valence-corrected chi connectivity index (χ3v) is 3.23. The molecule has 1 aromatic rings. The van der Waals surface area contributed by atoms with E-state index in [1.807, 2.05) is 0 Å². The van der Waals surface area contributed by atoms with Gasteiger partial charge in [0.1, 0.15) is 6.04 Å². The summed E-state index contributed by atoms with van der Waals surface area (Å²) < 4.78 is 4.72. The SMILES string of the molecule is COC(=O)C1CCCN1C(=O)Cc1ccc(N)cn1. The first-order valence-corrected chi connectivity index (χ1v) is 6.19. The lowest BCUT2D eigenvalue weighted by Gasteiger charge is -2.22. The number of pyridine rings is 1. The van der Waals surface area contributed by atoms with Crippen molar-refractivity contribution in [3.63, 3.8) is 0 Å². The number of amides is 1. The number of carbonyl (C=O) groups is 2. The molecule has 6 heteroatoms. The minimum Gasteiger partial charge on any atom is -0.467 e. The molecule has 2 N–H and O–H groups in total. The molecule has 1 aromatic heterocycles. The molecule has 0 bridgehead atoms. The second-order valence-corrected chi connectivity index (χ2v) is 4.53. The summed E-state index contributed by atoms with van der Waals surface area (Å²) in [7, 11) is 1.34. The number of methoxy groups -OCH3 is 1. The molecule has 0 aliphatic carbocycles. The van der Waals surface area contributed by atoms with Gasteiger partial charge in [0.05, 0.1) is 25.4 Å². The molecule has 1 aliphatic heterocycles. The zero-order valence-corrected chi connectivity index (χ0v) is 10.8. The summed E-state index contributed by atoms with van der Waals surface area (Å²) in [5.41, 5.74) is 6.75. The fourth-order valence-corrected chi connectivity index (χ4v) is 2.24. The first-order chi connectivity index (χ1) is 9.11. The van der Waals surface area contributed by atoms with E-state index in [2.05, 4.69) is 4.98 Å². The normalized spacial score (nSPS) is 18.4. The van der Waals surface area contributed by atoms with Crippen molar-refractivity contribution in [2.75, 3.05) is 19.4 Å². The van der Waals surface area contributed by atoms with E-state index in [4.69, 9.17) is 10.5 Å². The Hall–Kier alpha value is -2.11. The molecule has 0 spiro atoms. The van der Waals surface area contributed by atoms with Crippen LogP contribution in [0.15, 0.2) is 18.3 Å². The summed E-state index contributed by atoms with van der Waals surface area (Å²) in [5.74, 6) is -0.457. The van der Waals surface area contributed by atoms with Crippen LogP contribution in [0, 0.1) is 0 Å². The van der Waals surface area contributed by atoms with Gasteiger partial charge in [-0.3, -0.25) is 9.78 Å². The Morgan fingerprint density at radius 2 is 2.32 bits per heavy atom. The highest BCUT2D eigenvalue weighted by Gasteiger charge is 2.34. The molecule has 1 amide bonds. The summed E-state index contributed by atoms with van der Waals surface area (Å²) in [6.07, 6.45) is 3.17. The van der Waals surface area contributed by atoms with Gasteiger partial charge in [0.15, 0.2) is 0 Å². The maximum Gasteiger partial charge on any atom is 0.328 e. The van der Waals surface area contributed by atoms with E-state index >= 15 is 0 Å². The molecular formula is C13H17N3O3. The number of nitrogens with two attached hydrogens (primary N) is 1. The minimum absolute atomic E-state index is 0.106. The smallest absolute Gasteiger partial charge is 0.328 e. The lowest BCUT2D eigenvalue weighted by atomic mass is 10.2. The van der Waals surface area contributed by atoms with E-state index in [1.54, 1.807) is 17.0 Å². The molecule has 1 saturated heterocycles. The van der Waals surface area contributed by atoms with Gasteiger partial charge in [0.25, 0.3) is 0 Å². The van der Waals surface area contributed by atoms with Crippen molar-refractivity contribution < 1.29 is 14.3 Å². The minimum atomic E-state index is -0.453. The van der Waals surface area contributed by atoms with E-state index in [0.717, 1.165) is 6.42 Å². The monoisotopic (exact) mass is 263 g/mol. The Morgan fingerprint density at radius 1 is 1.53 bits per heavy atom. The second kappa shape index (κ2) is 5.69. The van der Waals surface area contributed by atoms with Crippen molar-refractivity contribution in [3.8, 4) is 0 Å². The summed E-state index contributed by atoms with van der Waals surface area (Å²) in [6, 6.07) is 2.97. The number of hydrogen-bond acceptors (Lipinski definition) is 5. The quantitative estimate of drug-likeness (QED) is 0.796. The lowest BCUT2D eigenvalue weighted by molar-refractivity contribution is -0.150. The average Bonchev–Trinajstić information content (AvgIpc) is 2.90. The molecule has 0 saturated carbocycles. The van der Waals surface area contributed by atoms with E-state index in [1.165, 1.54) is 13.3 Å². The number of esters is 1. The highest BCUT2D eigenvalue weighted by atomic mass is 16.5. The number of rotatable bonds is 3. The van der Waals surface area contributed by atoms with Crippen LogP contribution in [0.5, 0.6) is 0 Å².